The standard InChI is InChI=1S/C15H28N4O2/c1-2-19(10-13-8-5-9-16-13)11-14(20)18-15(21)17-12-6-3-4-7-12/h12-13,16H,2-11H2,1H3,(H2,17,18,20,21). The molecule has 2 aliphatic rings. The average Bonchev–Trinajstić information content (AvgIpc) is 3.11. The van der Waals surface area contributed by atoms with Crippen molar-refractivity contribution in [3.63, 3.8) is 0 Å². The van der Waals surface area contributed by atoms with E-state index in [1.807, 2.05) is 6.92 Å². The Bertz CT molecular complexity index is 350. The van der Waals surface area contributed by atoms with Gasteiger partial charge in [-0.15, -0.1) is 0 Å². The van der Waals surface area contributed by atoms with Gasteiger partial charge in [0.15, 0.2) is 0 Å². The highest BCUT2D eigenvalue weighted by Crippen LogP contribution is 2.17. The lowest BCUT2D eigenvalue weighted by atomic mass is 10.2. The van der Waals surface area contributed by atoms with Crippen LogP contribution in [0.25, 0.3) is 0 Å². The normalized spacial score (nSPS) is 22.7. The van der Waals surface area contributed by atoms with Gasteiger partial charge in [-0.05, 0) is 38.8 Å². The van der Waals surface area contributed by atoms with Crippen LogP contribution in [0.15, 0.2) is 0 Å². The molecule has 0 aromatic rings. The van der Waals surface area contributed by atoms with Crippen LogP contribution < -0.4 is 16.0 Å². The first-order valence-corrected chi connectivity index (χ1v) is 8.23. The largest absolute Gasteiger partial charge is 0.335 e. The van der Waals surface area contributed by atoms with Gasteiger partial charge >= 0.3 is 6.03 Å². The van der Waals surface area contributed by atoms with Gasteiger partial charge in [0.25, 0.3) is 0 Å². The van der Waals surface area contributed by atoms with Crippen LogP contribution in [0, 0.1) is 0 Å². The number of urea groups is 1. The first-order valence-electron chi connectivity index (χ1n) is 8.23. The van der Waals surface area contributed by atoms with Gasteiger partial charge in [-0.3, -0.25) is 15.0 Å². The fraction of sp³-hybridized carbons (Fsp3) is 0.867. The van der Waals surface area contributed by atoms with Crippen LogP contribution in [0.4, 0.5) is 4.79 Å². The molecule has 0 bridgehead atoms. The van der Waals surface area contributed by atoms with Crippen LogP contribution in [0.1, 0.15) is 45.4 Å². The second-order valence-electron chi connectivity index (χ2n) is 6.12. The summed E-state index contributed by atoms with van der Waals surface area (Å²) in [5.74, 6) is -0.217. The molecule has 1 aliphatic carbocycles. The van der Waals surface area contributed by atoms with Crippen molar-refractivity contribution in [1.29, 1.82) is 0 Å². The van der Waals surface area contributed by atoms with Gasteiger partial charge in [0.1, 0.15) is 0 Å². The summed E-state index contributed by atoms with van der Waals surface area (Å²) in [5, 5.41) is 8.75. The molecule has 3 N–H and O–H groups in total. The average molecular weight is 296 g/mol. The fourth-order valence-electron chi connectivity index (χ4n) is 3.19. The molecule has 21 heavy (non-hydrogen) atoms. The van der Waals surface area contributed by atoms with E-state index in [2.05, 4.69) is 20.9 Å². The van der Waals surface area contributed by atoms with Gasteiger partial charge < -0.3 is 10.6 Å². The van der Waals surface area contributed by atoms with Gasteiger partial charge in [-0.25, -0.2) is 4.79 Å². The summed E-state index contributed by atoms with van der Waals surface area (Å²) in [6.45, 7) is 5.08. The number of nitrogens with one attached hydrogen (secondary N) is 3. The molecule has 6 heteroatoms. The lowest BCUT2D eigenvalue weighted by Crippen LogP contribution is -2.48. The number of amides is 3. The van der Waals surface area contributed by atoms with E-state index in [0.29, 0.717) is 6.04 Å². The molecule has 6 nitrogen and oxygen atoms in total. The van der Waals surface area contributed by atoms with Crippen molar-refractivity contribution in [2.24, 2.45) is 0 Å². The van der Waals surface area contributed by atoms with Crippen molar-refractivity contribution in [1.82, 2.24) is 20.9 Å². The summed E-state index contributed by atoms with van der Waals surface area (Å²) in [7, 11) is 0. The lowest BCUT2D eigenvalue weighted by molar-refractivity contribution is -0.121. The van der Waals surface area contributed by atoms with Crippen LogP contribution in [-0.4, -0.2) is 55.1 Å². The smallest absolute Gasteiger partial charge is 0.321 e. The van der Waals surface area contributed by atoms with Crippen molar-refractivity contribution in [2.75, 3.05) is 26.2 Å². The molecule has 0 spiro atoms. The monoisotopic (exact) mass is 296 g/mol. The highest BCUT2D eigenvalue weighted by atomic mass is 16.2. The van der Waals surface area contributed by atoms with E-state index in [9.17, 15) is 9.59 Å². The third kappa shape index (κ3) is 5.63. The molecule has 3 amide bonds. The van der Waals surface area contributed by atoms with Crippen LogP contribution in [0.3, 0.4) is 0 Å². The van der Waals surface area contributed by atoms with Crippen LogP contribution in [0.5, 0.6) is 0 Å². The zero-order valence-electron chi connectivity index (χ0n) is 13.0. The number of carbonyl (C=O) groups excluding carboxylic acids is 2. The zero-order chi connectivity index (χ0) is 15.1. The van der Waals surface area contributed by atoms with E-state index >= 15 is 0 Å². The van der Waals surface area contributed by atoms with E-state index < -0.39 is 0 Å². The maximum Gasteiger partial charge on any atom is 0.321 e. The molecule has 1 aliphatic heterocycles. The van der Waals surface area contributed by atoms with Crippen molar-refractivity contribution in [3.05, 3.63) is 0 Å². The van der Waals surface area contributed by atoms with E-state index in [-0.39, 0.29) is 24.5 Å². The van der Waals surface area contributed by atoms with Gasteiger partial charge in [0, 0.05) is 18.6 Å². The van der Waals surface area contributed by atoms with Crippen molar-refractivity contribution < 1.29 is 9.59 Å². The highest BCUT2D eigenvalue weighted by Gasteiger charge is 2.21. The number of hydrogen-bond donors (Lipinski definition) is 3. The van der Waals surface area contributed by atoms with Crippen LogP contribution >= 0.6 is 0 Å². The minimum atomic E-state index is -0.345. The first-order chi connectivity index (χ1) is 10.2. The Morgan fingerprint density at radius 3 is 2.57 bits per heavy atom. The number of rotatable bonds is 6. The maximum absolute atomic E-state index is 11.9. The molecule has 0 aromatic carbocycles. The minimum Gasteiger partial charge on any atom is -0.335 e. The SMILES string of the molecule is CCN(CC(=O)NC(=O)NC1CCCC1)CC1CCCN1. The third-order valence-electron chi connectivity index (χ3n) is 4.40. The minimum absolute atomic E-state index is 0.217. The zero-order valence-corrected chi connectivity index (χ0v) is 13.0. The molecule has 2 rings (SSSR count). The Kier molecular flexibility index (Phi) is 6.45. The van der Waals surface area contributed by atoms with Gasteiger partial charge in [-0.2, -0.15) is 0 Å². The van der Waals surface area contributed by atoms with Crippen molar-refractivity contribution >= 4 is 11.9 Å². The number of imide groups is 1. The lowest BCUT2D eigenvalue weighted by Gasteiger charge is -2.23. The van der Waals surface area contributed by atoms with Gasteiger partial charge in [-0.1, -0.05) is 19.8 Å². The Hall–Kier alpha value is -1.14. The number of carbonyl (C=O) groups is 2. The molecule has 0 aromatic heterocycles. The molecule has 1 saturated heterocycles. The van der Waals surface area contributed by atoms with Gasteiger partial charge in [0.05, 0.1) is 6.54 Å². The number of nitrogens with zero attached hydrogens (tertiary/aromatic N) is 1. The topological polar surface area (TPSA) is 73.5 Å². The predicted octanol–water partition coefficient (Wildman–Crippen LogP) is 0.829. The molecule has 1 atom stereocenters. The second-order valence-corrected chi connectivity index (χ2v) is 6.12. The fourth-order valence-corrected chi connectivity index (χ4v) is 3.19. The van der Waals surface area contributed by atoms with Crippen LogP contribution in [0.2, 0.25) is 0 Å². The van der Waals surface area contributed by atoms with E-state index in [1.54, 1.807) is 0 Å². The quantitative estimate of drug-likeness (QED) is 0.679. The van der Waals surface area contributed by atoms with E-state index in [1.165, 1.54) is 12.8 Å². The third-order valence-corrected chi connectivity index (χ3v) is 4.40. The molecule has 1 heterocycles. The Labute approximate surface area is 127 Å². The van der Waals surface area contributed by atoms with E-state index in [0.717, 1.165) is 45.3 Å². The molecule has 1 unspecified atom stereocenters. The molecular weight excluding hydrogens is 268 g/mol. The van der Waals surface area contributed by atoms with E-state index in [4.69, 9.17) is 0 Å². The summed E-state index contributed by atoms with van der Waals surface area (Å²) in [5.41, 5.74) is 0. The molecule has 1 saturated carbocycles. The van der Waals surface area contributed by atoms with Crippen molar-refractivity contribution in [3.8, 4) is 0 Å². The Balaban J connectivity index is 1.67. The molecule has 120 valence electrons. The summed E-state index contributed by atoms with van der Waals surface area (Å²) >= 11 is 0. The first kappa shape index (κ1) is 16.2. The highest BCUT2D eigenvalue weighted by molar-refractivity contribution is 5.95. The second kappa shape index (κ2) is 8.34. The number of likely N-dealkylation sites (N-methyl/N-ethyl adjacent to an activating group) is 1. The summed E-state index contributed by atoms with van der Waals surface area (Å²) in [4.78, 5) is 25.8. The van der Waals surface area contributed by atoms with Crippen molar-refractivity contribution in [2.45, 2.75) is 57.5 Å². The predicted molar refractivity (Wildman–Crippen MR) is 82.1 cm³/mol. The Morgan fingerprint density at radius 2 is 1.95 bits per heavy atom. The molecule has 2 fully saturated rings. The van der Waals surface area contributed by atoms with Gasteiger partial charge in [0.2, 0.25) is 5.91 Å². The molecular formula is C15H28N4O2. The maximum atomic E-state index is 11.9. The number of hydrogen-bond acceptors (Lipinski definition) is 4. The summed E-state index contributed by atoms with van der Waals surface area (Å²) in [6.07, 6.45) is 6.75. The molecule has 0 radical (unpaired) electrons. The summed E-state index contributed by atoms with van der Waals surface area (Å²) in [6, 6.07) is 0.370. The summed E-state index contributed by atoms with van der Waals surface area (Å²) < 4.78 is 0. The Morgan fingerprint density at radius 1 is 1.19 bits per heavy atom. The van der Waals surface area contributed by atoms with Crippen LogP contribution in [-0.2, 0) is 4.79 Å².